The molecule has 0 aliphatic heterocycles. The molecule has 0 fully saturated rings. The Kier molecular flexibility index (Phi) is 3.84. The van der Waals surface area contributed by atoms with Crippen LogP contribution in [-0.4, -0.2) is 10.5 Å². The number of pyridine rings is 1. The van der Waals surface area contributed by atoms with Crippen LogP contribution in [-0.2, 0) is 7.05 Å². The normalized spacial score (nSPS) is 10.8. The minimum atomic E-state index is -1.12. The fourth-order valence-corrected chi connectivity index (χ4v) is 2.40. The van der Waals surface area contributed by atoms with Crippen LogP contribution in [0.3, 0.4) is 0 Å². The molecule has 1 amide bonds. The van der Waals surface area contributed by atoms with E-state index in [1.807, 2.05) is 0 Å². The van der Waals surface area contributed by atoms with Crippen molar-refractivity contribution in [1.82, 2.24) is 4.57 Å². The van der Waals surface area contributed by atoms with Gasteiger partial charge in [-0.3, -0.25) is 9.59 Å². The summed E-state index contributed by atoms with van der Waals surface area (Å²) in [5.74, 6) is -3.57. The zero-order chi connectivity index (χ0) is 17.4. The van der Waals surface area contributed by atoms with Gasteiger partial charge >= 0.3 is 0 Å². The van der Waals surface area contributed by atoms with E-state index in [9.17, 15) is 22.8 Å². The van der Waals surface area contributed by atoms with Gasteiger partial charge in [-0.1, -0.05) is 0 Å². The van der Waals surface area contributed by atoms with E-state index in [1.165, 1.54) is 29.0 Å². The van der Waals surface area contributed by atoms with Crippen LogP contribution < -0.4 is 10.7 Å². The van der Waals surface area contributed by atoms with Gasteiger partial charge in [0.25, 0.3) is 5.91 Å². The molecule has 24 heavy (non-hydrogen) atoms. The van der Waals surface area contributed by atoms with Gasteiger partial charge in [0.15, 0.2) is 11.6 Å². The Balaban J connectivity index is 2.05. The number of carbonyl (C=O) groups is 1. The molecule has 0 unspecified atom stereocenters. The smallest absolute Gasteiger partial charge is 0.261 e. The van der Waals surface area contributed by atoms with Crippen molar-refractivity contribution in [2.75, 3.05) is 5.32 Å². The largest absolute Gasteiger partial charge is 0.350 e. The average Bonchev–Trinajstić information content (AvgIpc) is 2.54. The second kappa shape index (κ2) is 5.84. The van der Waals surface area contributed by atoms with Crippen molar-refractivity contribution in [2.24, 2.45) is 7.05 Å². The molecular formula is C17H11F3N2O2. The molecule has 0 aliphatic carbocycles. The Morgan fingerprint density at radius 3 is 2.50 bits per heavy atom. The van der Waals surface area contributed by atoms with E-state index >= 15 is 0 Å². The first-order chi connectivity index (χ1) is 11.4. The van der Waals surface area contributed by atoms with Crippen LogP contribution in [0.25, 0.3) is 10.9 Å². The summed E-state index contributed by atoms with van der Waals surface area (Å²) in [6, 6.07) is 6.52. The van der Waals surface area contributed by atoms with Gasteiger partial charge < -0.3 is 9.88 Å². The maximum Gasteiger partial charge on any atom is 0.261 e. The average molecular weight is 332 g/mol. The summed E-state index contributed by atoms with van der Waals surface area (Å²) in [7, 11) is 1.61. The van der Waals surface area contributed by atoms with Gasteiger partial charge in [0.1, 0.15) is 11.4 Å². The summed E-state index contributed by atoms with van der Waals surface area (Å²) in [4.78, 5) is 24.7. The molecule has 7 heteroatoms. The van der Waals surface area contributed by atoms with Crippen LogP contribution in [0.5, 0.6) is 0 Å². The van der Waals surface area contributed by atoms with Gasteiger partial charge in [-0.15, -0.1) is 0 Å². The molecule has 3 aromatic rings. The molecule has 3 rings (SSSR count). The maximum atomic E-state index is 13.4. The highest BCUT2D eigenvalue weighted by molar-refractivity contribution is 6.05. The number of hydrogen-bond acceptors (Lipinski definition) is 2. The molecule has 2 aromatic carbocycles. The van der Waals surface area contributed by atoms with Crippen LogP contribution in [0.1, 0.15) is 10.4 Å². The number of halogens is 3. The number of hydrogen-bond donors (Lipinski definition) is 1. The van der Waals surface area contributed by atoms with Crippen molar-refractivity contribution in [3.63, 3.8) is 0 Å². The number of anilines is 1. The Morgan fingerprint density at radius 2 is 1.79 bits per heavy atom. The predicted molar refractivity (Wildman–Crippen MR) is 83.5 cm³/mol. The molecule has 1 N–H and O–H groups in total. The van der Waals surface area contributed by atoms with Crippen molar-refractivity contribution in [3.8, 4) is 0 Å². The van der Waals surface area contributed by atoms with Gasteiger partial charge in [-0.2, -0.15) is 0 Å². The van der Waals surface area contributed by atoms with E-state index in [0.29, 0.717) is 5.52 Å². The fraction of sp³-hybridized carbons (Fsp3) is 0.0588. The molecule has 1 aromatic heterocycles. The lowest BCUT2D eigenvalue weighted by atomic mass is 10.1. The minimum absolute atomic E-state index is 0.000271. The highest BCUT2D eigenvalue weighted by Gasteiger charge is 2.16. The van der Waals surface area contributed by atoms with Gasteiger partial charge in [-0.25, -0.2) is 13.2 Å². The molecular weight excluding hydrogens is 321 g/mol. The second-order valence-corrected chi connectivity index (χ2v) is 5.23. The molecule has 0 aliphatic rings. The summed E-state index contributed by atoms with van der Waals surface area (Å²) in [5, 5.41) is 2.37. The number of benzene rings is 2. The molecule has 4 nitrogen and oxygen atoms in total. The summed E-state index contributed by atoms with van der Waals surface area (Å²) < 4.78 is 41.0. The second-order valence-electron chi connectivity index (χ2n) is 5.23. The maximum absolute atomic E-state index is 13.4. The molecule has 0 saturated heterocycles. The lowest BCUT2D eigenvalue weighted by molar-refractivity contribution is 0.102. The van der Waals surface area contributed by atoms with E-state index in [-0.39, 0.29) is 16.6 Å². The number of aromatic nitrogens is 1. The van der Waals surface area contributed by atoms with Crippen molar-refractivity contribution in [3.05, 3.63) is 75.8 Å². The molecule has 0 bridgehead atoms. The fourth-order valence-electron chi connectivity index (χ4n) is 2.40. The molecule has 0 spiro atoms. The monoisotopic (exact) mass is 332 g/mol. The van der Waals surface area contributed by atoms with Crippen LogP contribution in [0, 0.1) is 17.5 Å². The molecule has 0 atom stereocenters. The Bertz CT molecular complexity index is 1030. The number of nitrogens with zero attached hydrogens (tertiary/aromatic N) is 1. The third-order valence-electron chi connectivity index (χ3n) is 3.57. The van der Waals surface area contributed by atoms with Gasteiger partial charge in [0, 0.05) is 30.4 Å². The Morgan fingerprint density at radius 1 is 1.04 bits per heavy atom. The van der Waals surface area contributed by atoms with E-state index < -0.39 is 28.8 Å². The third kappa shape index (κ3) is 2.76. The zero-order valence-electron chi connectivity index (χ0n) is 12.4. The minimum Gasteiger partial charge on any atom is -0.350 e. The Labute approximate surface area is 134 Å². The number of aryl methyl sites for hydroxylation is 1. The van der Waals surface area contributed by atoms with Crippen LogP contribution in [0.2, 0.25) is 0 Å². The first-order valence-electron chi connectivity index (χ1n) is 6.92. The molecule has 0 radical (unpaired) electrons. The summed E-state index contributed by atoms with van der Waals surface area (Å²) in [6.45, 7) is 0. The summed E-state index contributed by atoms with van der Waals surface area (Å²) >= 11 is 0. The summed E-state index contributed by atoms with van der Waals surface area (Å²) in [6.07, 6.45) is 1.30. The summed E-state index contributed by atoms with van der Waals surface area (Å²) in [5.41, 5.74) is -0.422. The first-order valence-corrected chi connectivity index (χ1v) is 6.92. The van der Waals surface area contributed by atoms with Crippen LogP contribution >= 0.6 is 0 Å². The highest BCUT2D eigenvalue weighted by atomic mass is 19.2. The van der Waals surface area contributed by atoms with Gasteiger partial charge in [0.2, 0.25) is 5.43 Å². The van der Waals surface area contributed by atoms with Crippen LogP contribution in [0.4, 0.5) is 18.9 Å². The van der Waals surface area contributed by atoms with Crippen molar-refractivity contribution < 1.29 is 18.0 Å². The van der Waals surface area contributed by atoms with E-state index in [4.69, 9.17) is 0 Å². The number of rotatable bonds is 2. The number of nitrogens with one attached hydrogen (secondary N) is 1. The van der Waals surface area contributed by atoms with Gasteiger partial charge in [0.05, 0.1) is 5.52 Å². The molecule has 0 saturated carbocycles. The lowest BCUT2D eigenvalue weighted by Crippen LogP contribution is -2.23. The number of fused-ring (bicyclic) bond motifs is 1. The molecule has 122 valence electrons. The molecule has 1 heterocycles. The number of amides is 1. The zero-order valence-corrected chi connectivity index (χ0v) is 12.4. The van der Waals surface area contributed by atoms with Crippen molar-refractivity contribution in [2.45, 2.75) is 0 Å². The SMILES string of the molecule is Cn1cc(C(=O)Nc2ccc(F)c(F)c2)c(=O)c2cc(F)ccc21. The highest BCUT2D eigenvalue weighted by Crippen LogP contribution is 2.16. The lowest BCUT2D eigenvalue weighted by Gasteiger charge is -2.10. The Hall–Kier alpha value is -3.09. The number of carbonyl (C=O) groups excluding carboxylic acids is 1. The third-order valence-corrected chi connectivity index (χ3v) is 3.57. The van der Waals surface area contributed by atoms with Crippen molar-refractivity contribution in [1.29, 1.82) is 0 Å². The van der Waals surface area contributed by atoms with Crippen molar-refractivity contribution >= 4 is 22.5 Å². The topological polar surface area (TPSA) is 51.1 Å². The first kappa shape index (κ1) is 15.8. The van der Waals surface area contributed by atoms with E-state index in [2.05, 4.69) is 5.32 Å². The van der Waals surface area contributed by atoms with E-state index in [0.717, 1.165) is 18.2 Å². The standard InChI is InChI=1S/C17H11F3N2O2/c1-22-8-12(16(23)11-6-9(18)2-5-15(11)22)17(24)21-10-3-4-13(19)14(20)7-10/h2-8H,1H3,(H,21,24). The quantitative estimate of drug-likeness (QED) is 0.783. The van der Waals surface area contributed by atoms with Gasteiger partial charge in [-0.05, 0) is 30.3 Å². The predicted octanol–water partition coefficient (Wildman–Crippen LogP) is 3.21. The van der Waals surface area contributed by atoms with E-state index in [1.54, 1.807) is 7.05 Å². The van der Waals surface area contributed by atoms with Crippen LogP contribution in [0.15, 0.2) is 47.4 Å².